The Hall–Kier alpha value is -0.260. The fourth-order valence-corrected chi connectivity index (χ4v) is 1.61. The van der Waals surface area contributed by atoms with Gasteiger partial charge in [0.05, 0.1) is 0 Å². The van der Waals surface area contributed by atoms with Crippen molar-refractivity contribution in [2.75, 3.05) is 0 Å². The standard InChI is InChI=1S/C13H26/c1-4-6-8-10-12-13(3)11-9-7-5-2/h5,7,13H,4,6,8-12H2,1-3H3/b7-5+. The Kier molecular flexibility index (Phi) is 9.63. The zero-order valence-corrected chi connectivity index (χ0v) is 9.68. The van der Waals surface area contributed by atoms with Gasteiger partial charge in [0.25, 0.3) is 0 Å². The number of hydrogen-bond acceptors (Lipinski definition) is 0. The van der Waals surface area contributed by atoms with E-state index < -0.39 is 0 Å². The second-order valence-electron chi connectivity index (χ2n) is 4.10. The maximum absolute atomic E-state index is 2.38. The molecule has 1 atom stereocenters. The van der Waals surface area contributed by atoms with Crippen molar-refractivity contribution >= 4 is 0 Å². The largest absolute Gasteiger partial charge is 0.0917 e. The maximum atomic E-state index is 2.38. The van der Waals surface area contributed by atoms with Crippen LogP contribution >= 0.6 is 0 Å². The van der Waals surface area contributed by atoms with Crippen LogP contribution in [0, 0.1) is 5.92 Å². The predicted molar refractivity (Wildman–Crippen MR) is 62.0 cm³/mol. The highest BCUT2D eigenvalue weighted by Gasteiger charge is 1.99. The molecule has 0 aromatic carbocycles. The Balaban J connectivity index is 3.14. The Labute approximate surface area is 84.4 Å². The van der Waals surface area contributed by atoms with Gasteiger partial charge in [-0.25, -0.2) is 0 Å². The number of hydrogen-bond donors (Lipinski definition) is 0. The van der Waals surface area contributed by atoms with Crippen molar-refractivity contribution in [3.63, 3.8) is 0 Å². The molecule has 0 nitrogen and oxygen atoms in total. The van der Waals surface area contributed by atoms with Gasteiger partial charge in [-0.3, -0.25) is 0 Å². The molecule has 0 aliphatic heterocycles. The molecule has 0 aromatic heterocycles. The molecule has 0 radical (unpaired) electrons. The molecule has 0 N–H and O–H groups in total. The van der Waals surface area contributed by atoms with E-state index in [9.17, 15) is 0 Å². The van der Waals surface area contributed by atoms with E-state index in [1.165, 1.54) is 44.9 Å². The minimum Gasteiger partial charge on any atom is -0.0917 e. The highest BCUT2D eigenvalue weighted by molar-refractivity contribution is 4.77. The first-order valence-corrected chi connectivity index (χ1v) is 5.92. The molecule has 0 aromatic rings. The normalized spacial score (nSPS) is 13.8. The molecule has 1 unspecified atom stereocenters. The van der Waals surface area contributed by atoms with E-state index >= 15 is 0 Å². The Bertz CT molecular complexity index is 113. The van der Waals surface area contributed by atoms with Gasteiger partial charge in [0.15, 0.2) is 0 Å². The summed E-state index contributed by atoms with van der Waals surface area (Å²) < 4.78 is 0. The average molecular weight is 182 g/mol. The van der Waals surface area contributed by atoms with Crippen LogP contribution in [-0.4, -0.2) is 0 Å². The van der Waals surface area contributed by atoms with Gasteiger partial charge in [0.2, 0.25) is 0 Å². The van der Waals surface area contributed by atoms with Gasteiger partial charge in [0, 0.05) is 0 Å². The van der Waals surface area contributed by atoms with Crippen LogP contribution in [-0.2, 0) is 0 Å². The first-order chi connectivity index (χ1) is 6.31. The van der Waals surface area contributed by atoms with E-state index in [4.69, 9.17) is 0 Å². The van der Waals surface area contributed by atoms with Crippen molar-refractivity contribution in [2.45, 2.75) is 65.7 Å². The fourth-order valence-electron chi connectivity index (χ4n) is 1.61. The van der Waals surface area contributed by atoms with Crippen LogP contribution in [0.2, 0.25) is 0 Å². The van der Waals surface area contributed by atoms with E-state index in [1.54, 1.807) is 0 Å². The number of allylic oxidation sites excluding steroid dienone is 2. The molecule has 0 bridgehead atoms. The second-order valence-corrected chi connectivity index (χ2v) is 4.10. The van der Waals surface area contributed by atoms with Crippen LogP contribution in [0.1, 0.15) is 65.7 Å². The SMILES string of the molecule is C/C=C/CCC(C)CCCCCC. The molecule has 0 spiro atoms. The third-order valence-corrected chi connectivity index (χ3v) is 2.61. The summed E-state index contributed by atoms with van der Waals surface area (Å²) in [6.45, 7) is 6.76. The predicted octanol–water partition coefficient (Wildman–Crippen LogP) is 4.95. The molecule has 0 heteroatoms. The lowest BCUT2D eigenvalue weighted by Gasteiger charge is -2.08. The molecule has 0 saturated heterocycles. The van der Waals surface area contributed by atoms with Crippen LogP contribution in [0.15, 0.2) is 12.2 Å². The van der Waals surface area contributed by atoms with Gasteiger partial charge in [0.1, 0.15) is 0 Å². The van der Waals surface area contributed by atoms with Crippen molar-refractivity contribution in [3.05, 3.63) is 12.2 Å². The molecule has 13 heavy (non-hydrogen) atoms. The van der Waals surface area contributed by atoms with Crippen molar-refractivity contribution < 1.29 is 0 Å². The molecule has 0 saturated carbocycles. The molecular formula is C13H26. The van der Waals surface area contributed by atoms with Gasteiger partial charge in [-0.1, -0.05) is 58.1 Å². The molecule has 0 fully saturated rings. The maximum Gasteiger partial charge on any atom is -0.0348 e. The Morgan fingerprint density at radius 2 is 1.85 bits per heavy atom. The van der Waals surface area contributed by atoms with Crippen molar-refractivity contribution in [3.8, 4) is 0 Å². The van der Waals surface area contributed by atoms with Gasteiger partial charge >= 0.3 is 0 Å². The highest BCUT2D eigenvalue weighted by atomic mass is 14.1. The molecule has 0 heterocycles. The van der Waals surface area contributed by atoms with Gasteiger partial charge < -0.3 is 0 Å². The lowest BCUT2D eigenvalue weighted by atomic mass is 9.98. The van der Waals surface area contributed by atoms with E-state index in [2.05, 4.69) is 32.9 Å². The molecule has 78 valence electrons. The summed E-state index contributed by atoms with van der Waals surface area (Å²) in [4.78, 5) is 0. The second kappa shape index (κ2) is 9.83. The quantitative estimate of drug-likeness (QED) is 0.368. The zero-order valence-electron chi connectivity index (χ0n) is 9.68. The smallest absolute Gasteiger partial charge is 0.0348 e. The van der Waals surface area contributed by atoms with Crippen LogP contribution in [0.5, 0.6) is 0 Å². The molecule has 0 aliphatic rings. The van der Waals surface area contributed by atoms with Gasteiger partial charge in [-0.2, -0.15) is 0 Å². The molecular weight excluding hydrogens is 156 g/mol. The number of unbranched alkanes of at least 4 members (excludes halogenated alkanes) is 3. The average Bonchev–Trinajstić information content (AvgIpc) is 2.13. The van der Waals surface area contributed by atoms with E-state index in [0.717, 1.165) is 5.92 Å². The lowest BCUT2D eigenvalue weighted by Crippen LogP contribution is -1.93. The molecule has 0 rings (SSSR count). The minimum absolute atomic E-state index is 0.924. The van der Waals surface area contributed by atoms with E-state index in [0.29, 0.717) is 0 Å². The number of rotatable bonds is 8. The van der Waals surface area contributed by atoms with Crippen molar-refractivity contribution in [1.82, 2.24) is 0 Å². The fraction of sp³-hybridized carbons (Fsp3) is 0.846. The summed E-state index contributed by atoms with van der Waals surface area (Å²) in [5.41, 5.74) is 0. The summed E-state index contributed by atoms with van der Waals surface area (Å²) in [5.74, 6) is 0.924. The van der Waals surface area contributed by atoms with Crippen LogP contribution < -0.4 is 0 Å². The molecule has 0 aliphatic carbocycles. The minimum atomic E-state index is 0.924. The Morgan fingerprint density at radius 3 is 2.46 bits per heavy atom. The summed E-state index contributed by atoms with van der Waals surface area (Å²) in [7, 11) is 0. The lowest BCUT2D eigenvalue weighted by molar-refractivity contribution is 0.463. The monoisotopic (exact) mass is 182 g/mol. The summed E-state index contributed by atoms with van der Waals surface area (Å²) in [5, 5.41) is 0. The van der Waals surface area contributed by atoms with Gasteiger partial charge in [-0.15, -0.1) is 0 Å². The van der Waals surface area contributed by atoms with Crippen LogP contribution in [0.4, 0.5) is 0 Å². The summed E-state index contributed by atoms with van der Waals surface area (Å²) in [6, 6.07) is 0. The third-order valence-electron chi connectivity index (χ3n) is 2.61. The zero-order chi connectivity index (χ0) is 9.94. The first kappa shape index (κ1) is 12.7. The summed E-state index contributed by atoms with van der Waals surface area (Å²) >= 11 is 0. The first-order valence-electron chi connectivity index (χ1n) is 5.92. The topological polar surface area (TPSA) is 0 Å². The van der Waals surface area contributed by atoms with E-state index in [1.807, 2.05) is 0 Å². The molecule has 0 amide bonds. The van der Waals surface area contributed by atoms with Crippen molar-refractivity contribution in [2.24, 2.45) is 5.92 Å². The van der Waals surface area contributed by atoms with Gasteiger partial charge in [-0.05, 0) is 25.7 Å². The third kappa shape index (κ3) is 9.66. The summed E-state index contributed by atoms with van der Waals surface area (Å²) in [6.07, 6.45) is 14.1. The van der Waals surface area contributed by atoms with E-state index in [-0.39, 0.29) is 0 Å². The van der Waals surface area contributed by atoms with Crippen molar-refractivity contribution in [1.29, 1.82) is 0 Å². The van der Waals surface area contributed by atoms with Crippen LogP contribution in [0.25, 0.3) is 0 Å². The Morgan fingerprint density at radius 1 is 1.08 bits per heavy atom. The highest BCUT2D eigenvalue weighted by Crippen LogP contribution is 2.15. The van der Waals surface area contributed by atoms with Crippen LogP contribution in [0.3, 0.4) is 0 Å².